The zero-order valence-corrected chi connectivity index (χ0v) is 9.51. The van der Waals surface area contributed by atoms with E-state index in [1.807, 2.05) is 0 Å². The quantitative estimate of drug-likeness (QED) is 0.690. The fraction of sp³-hybridized carbons (Fsp3) is 0.250. The summed E-state index contributed by atoms with van der Waals surface area (Å²) in [5.41, 5.74) is 0.976. The maximum absolute atomic E-state index is 13.7. The topological polar surface area (TPSA) is 86.8 Å². The lowest BCUT2D eigenvalue weighted by Gasteiger charge is -2.28. The van der Waals surface area contributed by atoms with Gasteiger partial charge in [0.15, 0.2) is 0 Å². The third-order valence-corrected chi connectivity index (χ3v) is 2.92. The van der Waals surface area contributed by atoms with Gasteiger partial charge in [-0.05, 0) is 17.7 Å². The van der Waals surface area contributed by atoms with E-state index in [9.17, 15) is 9.18 Å². The Kier molecular flexibility index (Phi) is 3.31. The molecule has 6 heteroatoms. The number of nitrogens with two attached hydrogens (primary N) is 1. The number of hydrogen-bond acceptors (Lipinski definition) is 4. The number of fused-ring (bicyclic) bond motifs is 1. The molecule has 0 amide bonds. The van der Waals surface area contributed by atoms with Crippen LogP contribution in [0.5, 0.6) is 0 Å². The van der Waals surface area contributed by atoms with Crippen molar-refractivity contribution in [3.63, 3.8) is 0 Å². The molecule has 18 heavy (non-hydrogen) atoms. The molecule has 1 aliphatic heterocycles. The second kappa shape index (κ2) is 4.75. The van der Waals surface area contributed by atoms with Crippen LogP contribution in [0.4, 0.5) is 10.1 Å². The zero-order valence-electron chi connectivity index (χ0n) is 9.51. The predicted molar refractivity (Wildman–Crippen MR) is 63.4 cm³/mol. The first kappa shape index (κ1) is 12.5. The number of halogens is 1. The molecule has 1 aromatic carbocycles. The first-order valence-corrected chi connectivity index (χ1v) is 5.43. The van der Waals surface area contributed by atoms with Gasteiger partial charge in [-0.3, -0.25) is 9.80 Å². The first-order valence-electron chi connectivity index (χ1n) is 5.43. The van der Waals surface area contributed by atoms with Crippen LogP contribution in [0.2, 0.25) is 0 Å². The van der Waals surface area contributed by atoms with Crippen LogP contribution in [0.3, 0.4) is 0 Å². The molecular formula is C12H13FN2O3. The summed E-state index contributed by atoms with van der Waals surface area (Å²) >= 11 is 0. The van der Waals surface area contributed by atoms with Gasteiger partial charge in [-0.25, -0.2) is 10.2 Å². The van der Waals surface area contributed by atoms with Crippen molar-refractivity contribution in [3.8, 4) is 0 Å². The van der Waals surface area contributed by atoms with Gasteiger partial charge in [-0.15, -0.1) is 0 Å². The van der Waals surface area contributed by atoms with Crippen LogP contribution in [-0.2, 0) is 11.2 Å². The average molecular weight is 252 g/mol. The van der Waals surface area contributed by atoms with Crippen molar-refractivity contribution in [2.45, 2.75) is 12.3 Å². The third kappa shape index (κ3) is 1.96. The van der Waals surface area contributed by atoms with Crippen molar-refractivity contribution in [1.82, 2.24) is 0 Å². The fourth-order valence-electron chi connectivity index (χ4n) is 2.11. The standard InChI is InChI=1S/C12H13FN2O3/c13-10-2-1-7-8(12(17)18)3-5-15(14)11(7)9(10)4-6-16/h1-3,5,8,16H,4,6,14H2,(H,17,18). The smallest absolute Gasteiger partial charge is 0.315 e. The van der Waals surface area contributed by atoms with Gasteiger partial charge in [0.05, 0.1) is 5.69 Å². The second-order valence-electron chi connectivity index (χ2n) is 4.00. The van der Waals surface area contributed by atoms with Crippen LogP contribution in [0, 0.1) is 5.82 Å². The molecule has 0 spiro atoms. The van der Waals surface area contributed by atoms with Gasteiger partial charge in [0.2, 0.25) is 0 Å². The molecule has 1 unspecified atom stereocenters. The van der Waals surface area contributed by atoms with Crippen molar-refractivity contribution in [2.75, 3.05) is 11.6 Å². The third-order valence-electron chi connectivity index (χ3n) is 2.92. The van der Waals surface area contributed by atoms with E-state index >= 15 is 0 Å². The molecule has 1 aromatic rings. The highest BCUT2D eigenvalue weighted by molar-refractivity contribution is 5.84. The molecule has 1 atom stereocenters. The monoisotopic (exact) mass is 252 g/mol. The minimum absolute atomic E-state index is 0.0862. The van der Waals surface area contributed by atoms with Crippen LogP contribution in [0.25, 0.3) is 0 Å². The minimum Gasteiger partial charge on any atom is -0.481 e. The number of aliphatic hydroxyl groups excluding tert-OH is 1. The van der Waals surface area contributed by atoms with Gasteiger partial charge >= 0.3 is 5.97 Å². The average Bonchev–Trinajstić information content (AvgIpc) is 2.32. The number of aliphatic hydroxyl groups is 1. The van der Waals surface area contributed by atoms with Gasteiger partial charge < -0.3 is 10.2 Å². The Balaban J connectivity index is 2.61. The molecule has 0 saturated carbocycles. The summed E-state index contributed by atoms with van der Waals surface area (Å²) in [6.45, 7) is -0.233. The van der Waals surface area contributed by atoms with E-state index in [4.69, 9.17) is 16.1 Å². The van der Waals surface area contributed by atoms with Crippen LogP contribution in [0.1, 0.15) is 17.0 Å². The number of carbonyl (C=O) groups is 1. The fourth-order valence-corrected chi connectivity index (χ4v) is 2.11. The molecular weight excluding hydrogens is 239 g/mol. The normalized spacial score (nSPS) is 17.7. The highest BCUT2D eigenvalue weighted by Gasteiger charge is 2.28. The van der Waals surface area contributed by atoms with E-state index in [1.165, 1.54) is 29.4 Å². The first-order chi connectivity index (χ1) is 8.56. The van der Waals surface area contributed by atoms with E-state index < -0.39 is 17.7 Å². The van der Waals surface area contributed by atoms with E-state index in [0.717, 1.165) is 0 Å². The molecule has 2 rings (SSSR count). The Labute approximate surface area is 103 Å². The van der Waals surface area contributed by atoms with Gasteiger partial charge in [-0.2, -0.15) is 0 Å². The number of hydrazine groups is 1. The van der Waals surface area contributed by atoms with Crippen molar-refractivity contribution in [2.24, 2.45) is 5.84 Å². The molecule has 0 fully saturated rings. The maximum atomic E-state index is 13.7. The lowest BCUT2D eigenvalue weighted by atomic mass is 9.91. The van der Waals surface area contributed by atoms with Crippen molar-refractivity contribution in [1.29, 1.82) is 0 Å². The van der Waals surface area contributed by atoms with E-state index in [0.29, 0.717) is 11.3 Å². The van der Waals surface area contributed by atoms with E-state index in [2.05, 4.69) is 0 Å². The number of rotatable bonds is 3. The zero-order chi connectivity index (χ0) is 13.3. The molecule has 0 radical (unpaired) electrons. The number of carboxylic acids is 1. The molecule has 96 valence electrons. The summed E-state index contributed by atoms with van der Waals surface area (Å²) in [6.07, 6.45) is 2.91. The number of carboxylic acid groups (broad SMARTS) is 1. The van der Waals surface area contributed by atoms with Crippen molar-refractivity contribution >= 4 is 11.7 Å². The van der Waals surface area contributed by atoms with Crippen LogP contribution in [0.15, 0.2) is 24.4 Å². The molecule has 0 bridgehead atoms. The number of hydrogen-bond donors (Lipinski definition) is 3. The molecule has 1 heterocycles. The molecule has 4 N–H and O–H groups in total. The minimum atomic E-state index is -1.03. The lowest BCUT2D eigenvalue weighted by molar-refractivity contribution is -0.137. The largest absolute Gasteiger partial charge is 0.481 e. The summed E-state index contributed by atoms with van der Waals surface area (Å²) in [6, 6.07) is 2.61. The number of benzene rings is 1. The Morgan fingerprint density at radius 1 is 1.50 bits per heavy atom. The van der Waals surface area contributed by atoms with Crippen LogP contribution in [-0.4, -0.2) is 22.8 Å². The summed E-state index contributed by atoms with van der Waals surface area (Å²) < 4.78 is 13.7. The second-order valence-corrected chi connectivity index (χ2v) is 4.00. The number of aliphatic carboxylic acids is 1. The maximum Gasteiger partial charge on any atom is 0.315 e. The van der Waals surface area contributed by atoms with Gasteiger partial charge in [0, 0.05) is 24.8 Å². The molecule has 0 aliphatic carbocycles. The van der Waals surface area contributed by atoms with E-state index in [-0.39, 0.29) is 18.6 Å². The molecule has 1 aliphatic rings. The van der Waals surface area contributed by atoms with Gasteiger partial charge in [0.25, 0.3) is 0 Å². The van der Waals surface area contributed by atoms with Crippen molar-refractivity contribution in [3.05, 3.63) is 41.4 Å². The van der Waals surface area contributed by atoms with Crippen LogP contribution < -0.4 is 10.9 Å². The molecule has 5 nitrogen and oxygen atoms in total. The number of nitrogens with zero attached hydrogens (tertiary/aromatic N) is 1. The van der Waals surface area contributed by atoms with Crippen molar-refractivity contribution < 1.29 is 19.4 Å². The Morgan fingerprint density at radius 2 is 2.22 bits per heavy atom. The SMILES string of the molecule is NN1C=CC(C(=O)O)c2ccc(F)c(CCO)c21. The Bertz CT molecular complexity index is 516. The molecule has 0 aromatic heterocycles. The summed E-state index contributed by atoms with van der Waals surface area (Å²) in [4.78, 5) is 11.1. The summed E-state index contributed by atoms with van der Waals surface area (Å²) in [7, 11) is 0. The lowest BCUT2D eigenvalue weighted by Crippen LogP contribution is -2.31. The van der Waals surface area contributed by atoms with Gasteiger partial charge in [0.1, 0.15) is 11.7 Å². The number of anilines is 1. The van der Waals surface area contributed by atoms with Gasteiger partial charge in [-0.1, -0.05) is 6.07 Å². The highest BCUT2D eigenvalue weighted by Crippen LogP contribution is 2.36. The van der Waals surface area contributed by atoms with Crippen LogP contribution >= 0.6 is 0 Å². The Hall–Kier alpha value is -1.92. The van der Waals surface area contributed by atoms with E-state index in [1.54, 1.807) is 0 Å². The Morgan fingerprint density at radius 3 is 2.83 bits per heavy atom. The summed E-state index contributed by atoms with van der Waals surface area (Å²) in [5, 5.41) is 19.2. The summed E-state index contributed by atoms with van der Waals surface area (Å²) in [5.74, 6) is 3.34. The highest BCUT2D eigenvalue weighted by atomic mass is 19.1. The predicted octanol–water partition coefficient (Wildman–Crippen LogP) is 0.736. The molecule has 0 saturated heterocycles.